The standard InChI is InChI=1S/C8H15NO/c1-6(10)7-4-5-8(2,3)9-7/h7,9H,4-5H2,1-3H3/t7-/m1/s1. The summed E-state index contributed by atoms with van der Waals surface area (Å²) < 4.78 is 0. The molecule has 0 aromatic rings. The summed E-state index contributed by atoms with van der Waals surface area (Å²) in [5.41, 5.74) is 0.177. The highest BCUT2D eigenvalue weighted by Crippen LogP contribution is 2.22. The maximum atomic E-state index is 10.9. The van der Waals surface area contributed by atoms with Crippen molar-refractivity contribution in [2.24, 2.45) is 0 Å². The van der Waals surface area contributed by atoms with Crippen molar-refractivity contribution in [2.45, 2.75) is 45.2 Å². The molecule has 1 saturated heterocycles. The van der Waals surface area contributed by atoms with Crippen molar-refractivity contribution < 1.29 is 4.79 Å². The Morgan fingerprint density at radius 1 is 1.60 bits per heavy atom. The monoisotopic (exact) mass is 141 g/mol. The molecule has 10 heavy (non-hydrogen) atoms. The van der Waals surface area contributed by atoms with E-state index in [1.54, 1.807) is 6.92 Å². The minimum atomic E-state index is 0.120. The molecule has 1 atom stereocenters. The van der Waals surface area contributed by atoms with E-state index >= 15 is 0 Å². The largest absolute Gasteiger partial charge is 0.302 e. The molecule has 1 heterocycles. The summed E-state index contributed by atoms with van der Waals surface area (Å²) in [5.74, 6) is 0.269. The van der Waals surface area contributed by atoms with Gasteiger partial charge >= 0.3 is 0 Å². The van der Waals surface area contributed by atoms with E-state index in [0.29, 0.717) is 0 Å². The maximum absolute atomic E-state index is 10.9. The van der Waals surface area contributed by atoms with Gasteiger partial charge in [-0.05, 0) is 33.6 Å². The first kappa shape index (κ1) is 7.73. The third-order valence-electron chi connectivity index (χ3n) is 2.11. The fourth-order valence-corrected chi connectivity index (χ4v) is 1.43. The van der Waals surface area contributed by atoms with Crippen LogP contribution >= 0.6 is 0 Å². The summed E-state index contributed by atoms with van der Waals surface area (Å²) in [6, 6.07) is 0.120. The molecule has 2 nitrogen and oxygen atoms in total. The second-order valence-electron chi connectivity index (χ2n) is 3.73. The molecule has 0 amide bonds. The van der Waals surface area contributed by atoms with Crippen LogP contribution in [0.25, 0.3) is 0 Å². The Kier molecular flexibility index (Phi) is 1.82. The van der Waals surface area contributed by atoms with Gasteiger partial charge < -0.3 is 5.32 Å². The molecule has 0 aromatic heterocycles. The van der Waals surface area contributed by atoms with Gasteiger partial charge in [-0.3, -0.25) is 4.79 Å². The quantitative estimate of drug-likeness (QED) is 0.592. The summed E-state index contributed by atoms with van der Waals surface area (Å²) in [4.78, 5) is 10.9. The van der Waals surface area contributed by atoms with Gasteiger partial charge in [0.25, 0.3) is 0 Å². The van der Waals surface area contributed by atoms with E-state index in [4.69, 9.17) is 0 Å². The second kappa shape index (κ2) is 2.35. The molecule has 1 rings (SSSR count). The molecule has 1 aliphatic heterocycles. The molecule has 0 spiro atoms. The number of carbonyl (C=O) groups excluding carboxylic acids is 1. The van der Waals surface area contributed by atoms with Gasteiger partial charge in [0.05, 0.1) is 6.04 Å². The van der Waals surface area contributed by atoms with Crippen LogP contribution in [0.1, 0.15) is 33.6 Å². The van der Waals surface area contributed by atoms with E-state index in [1.165, 1.54) is 0 Å². The van der Waals surface area contributed by atoms with Crippen molar-refractivity contribution in [1.29, 1.82) is 0 Å². The van der Waals surface area contributed by atoms with Crippen LogP contribution in [0.3, 0.4) is 0 Å². The summed E-state index contributed by atoms with van der Waals surface area (Å²) >= 11 is 0. The number of hydrogen-bond donors (Lipinski definition) is 1. The Morgan fingerprint density at radius 3 is 2.40 bits per heavy atom. The highest BCUT2D eigenvalue weighted by atomic mass is 16.1. The maximum Gasteiger partial charge on any atom is 0.146 e. The minimum Gasteiger partial charge on any atom is -0.302 e. The minimum absolute atomic E-state index is 0.120. The number of carbonyl (C=O) groups is 1. The van der Waals surface area contributed by atoms with Gasteiger partial charge in [0.2, 0.25) is 0 Å². The van der Waals surface area contributed by atoms with E-state index in [-0.39, 0.29) is 17.4 Å². The van der Waals surface area contributed by atoms with Crippen molar-refractivity contribution in [3.8, 4) is 0 Å². The van der Waals surface area contributed by atoms with Crippen molar-refractivity contribution >= 4 is 5.78 Å². The molecule has 0 aliphatic carbocycles. The summed E-state index contributed by atoms with van der Waals surface area (Å²) in [7, 11) is 0. The van der Waals surface area contributed by atoms with E-state index in [0.717, 1.165) is 12.8 Å². The highest BCUT2D eigenvalue weighted by Gasteiger charge is 2.31. The van der Waals surface area contributed by atoms with Gasteiger partial charge in [-0.2, -0.15) is 0 Å². The first-order valence-corrected chi connectivity index (χ1v) is 3.79. The second-order valence-corrected chi connectivity index (χ2v) is 3.73. The topological polar surface area (TPSA) is 29.1 Å². The van der Waals surface area contributed by atoms with Crippen LogP contribution in [0.5, 0.6) is 0 Å². The molecule has 1 fully saturated rings. The van der Waals surface area contributed by atoms with Crippen LogP contribution in [0, 0.1) is 0 Å². The number of rotatable bonds is 1. The smallest absolute Gasteiger partial charge is 0.146 e. The SMILES string of the molecule is CC(=O)[C@H]1CCC(C)(C)N1. The van der Waals surface area contributed by atoms with Crippen molar-refractivity contribution in [3.63, 3.8) is 0 Å². The molecule has 0 bridgehead atoms. The Labute approximate surface area is 62.0 Å². The van der Waals surface area contributed by atoms with Crippen molar-refractivity contribution in [3.05, 3.63) is 0 Å². The highest BCUT2D eigenvalue weighted by molar-refractivity contribution is 5.81. The summed E-state index contributed by atoms with van der Waals surface area (Å²) in [6.07, 6.45) is 2.11. The molecular weight excluding hydrogens is 126 g/mol. The Balaban J connectivity index is 2.51. The van der Waals surface area contributed by atoms with Crippen LogP contribution in [0.4, 0.5) is 0 Å². The number of nitrogens with one attached hydrogen (secondary N) is 1. The van der Waals surface area contributed by atoms with Crippen LogP contribution in [0.2, 0.25) is 0 Å². The lowest BCUT2D eigenvalue weighted by atomic mass is 10.0. The van der Waals surface area contributed by atoms with Crippen molar-refractivity contribution in [1.82, 2.24) is 5.32 Å². The van der Waals surface area contributed by atoms with Crippen LogP contribution < -0.4 is 5.32 Å². The first-order valence-electron chi connectivity index (χ1n) is 3.79. The fourth-order valence-electron chi connectivity index (χ4n) is 1.43. The Morgan fingerprint density at radius 2 is 2.20 bits per heavy atom. The zero-order valence-electron chi connectivity index (χ0n) is 6.90. The zero-order valence-corrected chi connectivity index (χ0v) is 6.90. The van der Waals surface area contributed by atoms with Gasteiger partial charge in [0.1, 0.15) is 5.78 Å². The molecular formula is C8H15NO. The lowest BCUT2D eigenvalue weighted by Crippen LogP contribution is -2.40. The molecule has 0 aromatic carbocycles. The molecule has 1 aliphatic rings. The fraction of sp³-hybridized carbons (Fsp3) is 0.875. The third kappa shape index (κ3) is 1.57. The molecule has 2 heteroatoms. The van der Waals surface area contributed by atoms with Gasteiger partial charge in [-0.25, -0.2) is 0 Å². The van der Waals surface area contributed by atoms with Crippen LogP contribution in [0.15, 0.2) is 0 Å². The lowest BCUT2D eigenvalue weighted by Gasteiger charge is -2.18. The van der Waals surface area contributed by atoms with E-state index in [9.17, 15) is 4.79 Å². The molecule has 0 saturated carbocycles. The van der Waals surface area contributed by atoms with Gasteiger partial charge in [-0.1, -0.05) is 0 Å². The van der Waals surface area contributed by atoms with E-state index in [2.05, 4.69) is 19.2 Å². The normalized spacial score (nSPS) is 30.5. The zero-order chi connectivity index (χ0) is 7.78. The number of ketones is 1. The number of hydrogen-bond acceptors (Lipinski definition) is 2. The Bertz CT molecular complexity index is 151. The molecule has 0 radical (unpaired) electrons. The van der Waals surface area contributed by atoms with Crippen molar-refractivity contribution in [2.75, 3.05) is 0 Å². The molecule has 1 N–H and O–H groups in total. The number of Topliss-reactive ketones (excluding diaryl/α,β-unsaturated/α-hetero) is 1. The predicted octanol–water partition coefficient (Wildman–Crippen LogP) is 1.11. The first-order chi connectivity index (χ1) is 4.51. The molecule has 0 unspecified atom stereocenters. The average Bonchev–Trinajstić information content (AvgIpc) is 2.10. The predicted molar refractivity (Wildman–Crippen MR) is 40.9 cm³/mol. The van der Waals surface area contributed by atoms with E-state index in [1.807, 2.05) is 0 Å². The van der Waals surface area contributed by atoms with Crippen LogP contribution in [-0.2, 0) is 4.79 Å². The van der Waals surface area contributed by atoms with Gasteiger partial charge in [0.15, 0.2) is 0 Å². The lowest BCUT2D eigenvalue weighted by molar-refractivity contribution is -0.118. The average molecular weight is 141 g/mol. The third-order valence-corrected chi connectivity index (χ3v) is 2.11. The summed E-state index contributed by atoms with van der Waals surface area (Å²) in [6.45, 7) is 5.92. The van der Waals surface area contributed by atoms with E-state index < -0.39 is 0 Å². The van der Waals surface area contributed by atoms with Gasteiger partial charge in [0, 0.05) is 5.54 Å². The van der Waals surface area contributed by atoms with Gasteiger partial charge in [-0.15, -0.1) is 0 Å². The molecule has 58 valence electrons. The summed E-state index contributed by atoms with van der Waals surface area (Å²) in [5, 5.41) is 3.28. The Hall–Kier alpha value is -0.370. The van der Waals surface area contributed by atoms with Crippen LogP contribution in [-0.4, -0.2) is 17.4 Å².